The second kappa shape index (κ2) is 5.58. The molecule has 3 rings (SSSR count). The van der Waals surface area contributed by atoms with Crippen molar-refractivity contribution in [1.82, 2.24) is 4.37 Å². The average molecular weight is 309 g/mol. The predicted molar refractivity (Wildman–Crippen MR) is 86.5 cm³/mol. The third kappa shape index (κ3) is 2.97. The van der Waals surface area contributed by atoms with E-state index in [9.17, 15) is 0 Å². The summed E-state index contributed by atoms with van der Waals surface area (Å²) < 4.78 is 5.76. The van der Waals surface area contributed by atoms with Crippen molar-refractivity contribution in [3.63, 3.8) is 0 Å². The molecule has 6 heteroatoms. The lowest BCUT2D eigenvalue weighted by Crippen LogP contribution is -2.16. The van der Waals surface area contributed by atoms with E-state index in [1.165, 1.54) is 19.5 Å². The molecule has 19 heavy (non-hydrogen) atoms. The smallest absolute Gasteiger partial charge is 0.127 e. The molecule has 0 aliphatic heterocycles. The Morgan fingerprint density at radius 2 is 2.32 bits per heavy atom. The lowest BCUT2D eigenvalue weighted by atomic mass is 10.2. The largest absolute Gasteiger partial charge is 0.370 e. The van der Waals surface area contributed by atoms with Crippen molar-refractivity contribution in [3.05, 3.63) is 33.3 Å². The van der Waals surface area contributed by atoms with Crippen molar-refractivity contribution < 1.29 is 0 Å². The maximum atomic E-state index is 5.85. The van der Waals surface area contributed by atoms with Gasteiger partial charge in [0.25, 0.3) is 0 Å². The van der Waals surface area contributed by atoms with Gasteiger partial charge in [-0.25, -0.2) is 0 Å². The summed E-state index contributed by atoms with van der Waals surface area (Å²) in [6, 6.07) is 6.59. The Morgan fingerprint density at radius 3 is 3.05 bits per heavy atom. The minimum Gasteiger partial charge on any atom is -0.370 e. The van der Waals surface area contributed by atoms with Crippen LogP contribution in [-0.4, -0.2) is 10.4 Å². The maximum absolute atomic E-state index is 5.85. The highest BCUT2D eigenvalue weighted by atomic mass is 32.1. The van der Waals surface area contributed by atoms with Gasteiger partial charge in [0.05, 0.1) is 16.8 Å². The Morgan fingerprint density at radius 1 is 1.42 bits per heavy atom. The normalized spacial score (nSPS) is 12.9. The number of hydrogen-bond acceptors (Lipinski definition) is 6. The van der Waals surface area contributed by atoms with Crippen molar-refractivity contribution in [3.8, 4) is 0 Å². The minimum absolute atomic E-state index is 0.203. The van der Waals surface area contributed by atoms with Gasteiger partial charge < -0.3 is 11.1 Å². The topological polar surface area (TPSA) is 50.9 Å². The van der Waals surface area contributed by atoms with E-state index < -0.39 is 0 Å². The Labute approximate surface area is 124 Å². The molecule has 0 bridgehead atoms. The molecule has 0 aliphatic rings. The van der Waals surface area contributed by atoms with Gasteiger partial charge in [-0.3, -0.25) is 0 Å². The first-order valence-corrected chi connectivity index (χ1v) is 8.59. The molecule has 0 spiro atoms. The quantitative estimate of drug-likeness (QED) is 0.751. The Hall–Kier alpha value is -0.950. The molecular weight excluding hydrogens is 294 g/mol. The van der Waals surface area contributed by atoms with Crippen LogP contribution in [-0.2, 0) is 13.0 Å². The van der Waals surface area contributed by atoms with Crippen LogP contribution in [0.1, 0.15) is 16.7 Å². The molecule has 0 amide bonds. The van der Waals surface area contributed by atoms with E-state index in [0.29, 0.717) is 0 Å². The van der Waals surface area contributed by atoms with Gasteiger partial charge in [-0.15, -0.1) is 22.7 Å². The molecule has 0 saturated heterocycles. The van der Waals surface area contributed by atoms with E-state index in [1.807, 2.05) is 6.92 Å². The van der Waals surface area contributed by atoms with Crippen molar-refractivity contribution in [2.24, 2.45) is 5.73 Å². The molecule has 0 saturated carbocycles. The van der Waals surface area contributed by atoms with Crippen LogP contribution >= 0.6 is 34.2 Å². The SMILES string of the molecule is CC(N)Cc1cc2nsc(NCc3cccs3)c2s1. The summed E-state index contributed by atoms with van der Waals surface area (Å²) in [7, 11) is 0. The molecule has 1 atom stereocenters. The zero-order chi connectivity index (χ0) is 13.2. The number of anilines is 1. The second-order valence-corrected chi connectivity index (χ2v) is 7.50. The zero-order valence-corrected chi connectivity index (χ0v) is 13.0. The van der Waals surface area contributed by atoms with Gasteiger partial charge in [-0.1, -0.05) is 6.07 Å². The summed E-state index contributed by atoms with van der Waals surface area (Å²) in [6.45, 7) is 2.91. The summed E-state index contributed by atoms with van der Waals surface area (Å²) in [5.74, 6) is 0. The second-order valence-electron chi connectivity index (χ2n) is 4.55. The summed E-state index contributed by atoms with van der Waals surface area (Å²) in [5.41, 5.74) is 6.95. The van der Waals surface area contributed by atoms with Crippen LogP contribution in [0.2, 0.25) is 0 Å². The van der Waals surface area contributed by atoms with Crippen molar-refractivity contribution >= 4 is 49.4 Å². The van der Waals surface area contributed by atoms with Crippen LogP contribution in [0.25, 0.3) is 10.2 Å². The van der Waals surface area contributed by atoms with Crippen LogP contribution in [0.15, 0.2) is 23.6 Å². The molecule has 3 nitrogen and oxygen atoms in total. The third-order valence-corrected chi connectivity index (χ3v) is 5.72. The lowest BCUT2D eigenvalue weighted by Gasteiger charge is -2.01. The van der Waals surface area contributed by atoms with Gasteiger partial charge in [0.15, 0.2) is 0 Å². The molecular formula is C13H15N3S3. The van der Waals surface area contributed by atoms with Crippen LogP contribution in [0.4, 0.5) is 5.00 Å². The molecule has 0 fully saturated rings. The first-order valence-electron chi connectivity index (χ1n) is 6.12. The Kier molecular flexibility index (Phi) is 3.83. The monoisotopic (exact) mass is 309 g/mol. The fourth-order valence-corrected chi connectivity index (χ4v) is 4.66. The number of fused-ring (bicyclic) bond motifs is 1. The van der Waals surface area contributed by atoms with Crippen LogP contribution in [0.5, 0.6) is 0 Å². The molecule has 3 aromatic heterocycles. The predicted octanol–water partition coefficient (Wildman–Crippen LogP) is 3.92. The maximum Gasteiger partial charge on any atom is 0.127 e. The van der Waals surface area contributed by atoms with E-state index >= 15 is 0 Å². The highest BCUT2D eigenvalue weighted by Crippen LogP contribution is 2.35. The lowest BCUT2D eigenvalue weighted by molar-refractivity contribution is 0.747. The van der Waals surface area contributed by atoms with Gasteiger partial charge in [0.1, 0.15) is 5.00 Å². The number of nitrogens with zero attached hydrogens (tertiary/aromatic N) is 1. The van der Waals surface area contributed by atoms with E-state index in [2.05, 4.69) is 33.3 Å². The first kappa shape index (κ1) is 13.1. The summed E-state index contributed by atoms with van der Waals surface area (Å²) in [4.78, 5) is 2.66. The number of thiophene rings is 2. The summed E-state index contributed by atoms with van der Waals surface area (Å²) >= 11 is 5.12. The van der Waals surface area contributed by atoms with Crippen molar-refractivity contribution in [2.75, 3.05) is 5.32 Å². The molecule has 0 aliphatic carbocycles. The van der Waals surface area contributed by atoms with Crippen LogP contribution < -0.4 is 11.1 Å². The van der Waals surface area contributed by atoms with Crippen molar-refractivity contribution in [1.29, 1.82) is 0 Å². The summed E-state index contributed by atoms with van der Waals surface area (Å²) in [5, 5.41) is 6.76. The molecule has 0 aromatic carbocycles. The minimum atomic E-state index is 0.203. The van der Waals surface area contributed by atoms with E-state index in [0.717, 1.165) is 18.5 Å². The number of nitrogens with one attached hydrogen (secondary N) is 1. The summed E-state index contributed by atoms with van der Waals surface area (Å²) in [6.07, 6.45) is 0.927. The van der Waals surface area contributed by atoms with E-state index in [-0.39, 0.29) is 6.04 Å². The van der Waals surface area contributed by atoms with Gasteiger partial charge >= 0.3 is 0 Å². The molecule has 0 radical (unpaired) electrons. The van der Waals surface area contributed by atoms with Crippen LogP contribution in [0, 0.1) is 0 Å². The average Bonchev–Trinajstić information content (AvgIpc) is 3.02. The Balaban J connectivity index is 1.77. The van der Waals surface area contributed by atoms with Gasteiger partial charge in [-0.2, -0.15) is 4.37 Å². The van der Waals surface area contributed by atoms with E-state index in [4.69, 9.17) is 5.73 Å². The van der Waals surface area contributed by atoms with Crippen molar-refractivity contribution in [2.45, 2.75) is 25.9 Å². The standard InChI is InChI=1S/C13H15N3S3/c1-8(14)5-10-6-11-12(18-10)13(19-16-11)15-7-9-3-2-4-17-9/h2-4,6,8,15H,5,7,14H2,1H3. The molecule has 1 unspecified atom stereocenters. The number of rotatable bonds is 5. The molecule has 3 heterocycles. The molecule has 3 aromatic rings. The van der Waals surface area contributed by atoms with Gasteiger partial charge in [0.2, 0.25) is 0 Å². The molecule has 3 N–H and O–H groups in total. The highest BCUT2D eigenvalue weighted by molar-refractivity contribution is 7.24. The number of hydrogen-bond donors (Lipinski definition) is 2. The first-order chi connectivity index (χ1) is 9.22. The molecule has 100 valence electrons. The van der Waals surface area contributed by atoms with Gasteiger partial charge in [0, 0.05) is 15.8 Å². The zero-order valence-electron chi connectivity index (χ0n) is 10.6. The van der Waals surface area contributed by atoms with Gasteiger partial charge in [-0.05, 0) is 42.4 Å². The fraction of sp³-hybridized carbons (Fsp3) is 0.308. The van der Waals surface area contributed by atoms with Crippen LogP contribution in [0.3, 0.4) is 0 Å². The Bertz CT molecular complexity index is 652. The third-order valence-electron chi connectivity index (χ3n) is 2.73. The number of aromatic nitrogens is 1. The highest BCUT2D eigenvalue weighted by Gasteiger charge is 2.11. The fourth-order valence-electron chi connectivity index (χ4n) is 1.91. The number of nitrogens with two attached hydrogens (primary N) is 1. The van der Waals surface area contributed by atoms with E-state index in [1.54, 1.807) is 34.2 Å².